The molecule has 4 nitrogen and oxygen atoms in total. The molecule has 1 N–H and O–H groups in total. The van der Waals surface area contributed by atoms with E-state index in [0.717, 1.165) is 11.0 Å². The maximum atomic E-state index is 11.3. The molecule has 19 heavy (non-hydrogen) atoms. The number of rotatable bonds is 6. The second-order valence-electron chi connectivity index (χ2n) is 4.71. The predicted octanol–water partition coefficient (Wildman–Crippen LogP) is 3.52. The number of anilines is 1. The summed E-state index contributed by atoms with van der Waals surface area (Å²) < 4.78 is 0.735. The molecule has 0 aliphatic rings. The first-order valence-electron chi connectivity index (χ1n) is 6.10. The van der Waals surface area contributed by atoms with Gasteiger partial charge in [0.2, 0.25) is 0 Å². The van der Waals surface area contributed by atoms with Gasteiger partial charge in [-0.25, -0.2) is 4.79 Å². The van der Waals surface area contributed by atoms with E-state index in [1.54, 1.807) is 12.1 Å². The van der Waals surface area contributed by atoms with Gasteiger partial charge in [0.1, 0.15) is 0 Å². The Hall–Kier alpha value is -1.54. The van der Waals surface area contributed by atoms with Crippen molar-refractivity contribution in [3.8, 4) is 6.07 Å². The fourth-order valence-corrected chi connectivity index (χ4v) is 2.25. The van der Waals surface area contributed by atoms with Crippen LogP contribution in [0.15, 0.2) is 22.7 Å². The molecule has 1 aromatic carbocycles. The monoisotopic (exact) mass is 324 g/mol. The summed E-state index contributed by atoms with van der Waals surface area (Å²) in [5.41, 5.74) is 0.924. The van der Waals surface area contributed by atoms with Crippen molar-refractivity contribution < 1.29 is 9.90 Å². The van der Waals surface area contributed by atoms with E-state index in [0.29, 0.717) is 24.6 Å². The zero-order valence-corrected chi connectivity index (χ0v) is 12.6. The third-order valence-corrected chi connectivity index (χ3v) is 3.10. The molecule has 0 saturated heterocycles. The van der Waals surface area contributed by atoms with E-state index in [9.17, 15) is 9.90 Å². The average molecular weight is 325 g/mol. The Morgan fingerprint density at radius 3 is 2.74 bits per heavy atom. The molecule has 102 valence electrons. The van der Waals surface area contributed by atoms with Crippen molar-refractivity contribution in [3.05, 3.63) is 28.2 Å². The van der Waals surface area contributed by atoms with E-state index >= 15 is 0 Å². The van der Waals surface area contributed by atoms with Gasteiger partial charge in [0, 0.05) is 17.6 Å². The molecular weight excluding hydrogens is 308 g/mol. The third-order valence-electron chi connectivity index (χ3n) is 2.61. The van der Waals surface area contributed by atoms with Gasteiger partial charge in [-0.05, 0) is 24.1 Å². The number of carboxylic acids is 1. The highest BCUT2D eigenvalue weighted by Crippen LogP contribution is 2.25. The van der Waals surface area contributed by atoms with Crippen molar-refractivity contribution in [2.45, 2.75) is 20.3 Å². The Labute approximate surface area is 121 Å². The lowest BCUT2D eigenvalue weighted by atomic mass is 10.1. The summed E-state index contributed by atoms with van der Waals surface area (Å²) in [6.45, 7) is 5.40. The number of halogens is 1. The first-order chi connectivity index (χ1) is 8.95. The number of benzene rings is 1. The lowest BCUT2D eigenvalue weighted by Gasteiger charge is -2.27. The summed E-state index contributed by atoms with van der Waals surface area (Å²) in [4.78, 5) is 13.3. The van der Waals surface area contributed by atoms with Crippen LogP contribution in [0.1, 0.15) is 30.6 Å². The second kappa shape index (κ2) is 7.15. The Morgan fingerprint density at radius 2 is 2.21 bits per heavy atom. The van der Waals surface area contributed by atoms with Crippen LogP contribution in [-0.2, 0) is 0 Å². The highest BCUT2D eigenvalue weighted by molar-refractivity contribution is 9.10. The number of carboxylic acid groups (broad SMARTS) is 1. The summed E-state index contributed by atoms with van der Waals surface area (Å²) >= 11 is 3.28. The van der Waals surface area contributed by atoms with E-state index < -0.39 is 5.97 Å². The van der Waals surface area contributed by atoms with Crippen LogP contribution in [-0.4, -0.2) is 24.2 Å². The van der Waals surface area contributed by atoms with Gasteiger partial charge < -0.3 is 10.0 Å². The van der Waals surface area contributed by atoms with E-state index in [1.807, 2.05) is 11.0 Å². The molecule has 5 heteroatoms. The van der Waals surface area contributed by atoms with E-state index in [4.69, 9.17) is 5.26 Å². The fraction of sp³-hybridized carbons (Fsp3) is 0.429. The molecular formula is C14H17BrN2O2. The van der Waals surface area contributed by atoms with Crippen LogP contribution in [0, 0.1) is 17.2 Å². The zero-order chi connectivity index (χ0) is 14.4. The minimum absolute atomic E-state index is 0.257. The molecule has 0 unspecified atom stereocenters. The molecule has 0 fully saturated rings. The minimum Gasteiger partial charge on any atom is -0.478 e. The Kier molecular flexibility index (Phi) is 5.84. The smallest absolute Gasteiger partial charge is 0.337 e. The van der Waals surface area contributed by atoms with Crippen LogP contribution < -0.4 is 4.90 Å². The van der Waals surface area contributed by atoms with Crippen molar-refractivity contribution >= 4 is 27.6 Å². The summed E-state index contributed by atoms with van der Waals surface area (Å²) in [5, 5.41) is 18.0. The van der Waals surface area contributed by atoms with Crippen LogP contribution >= 0.6 is 15.9 Å². The molecule has 1 aromatic rings. The van der Waals surface area contributed by atoms with Gasteiger partial charge in [0.25, 0.3) is 0 Å². The number of carbonyl (C=O) groups is 1. The zero-order valence-electron chi connectivity index (χ0n) is 11.1. The van der Waals surface area contributed by atoms with Gasteiger partial charge >= 0.3 is 5.97 Å². The number of hydrogen-bond acceptors (Lipinski definition) is 3. The number of aromatic carboxylic acids is 1. The standard InChI is InChI=1S/C14H17BrN2O2/c1-10(2)9-17(7-3-6-16)13-5-4-11(15)8-12(13)14(18)19/h4-5,8,10H,3,7,9H2,1-2H3,(H,18,19). The number of nitrogens with zero attached hydrogens (tertiary/aromatic N) is 2. The Balaban J connectivity index is 3.13. The first-order valence-corrected chi connectivity index (χ1v) is 6.89. The maximum absolute atomic E-state index is 11.3. The molecule has 0 bridgehead atoms. The van der Waals surface area contributed by atoms with Crippen LogP contribution in [0.4, 0.5) is 5.69 Å². The SMILES string of the molecule is CC(C)CN(CCC#N)c1ccc(Br)cc1C(=O)O. The number of nitriles is 1. The minimum atomic E-state index is -0.956. The summed E-state index contributed by atoms with van der Waals surface area (Å²) in [5.74, 6) is -0.564. The molecule has 0 aliphatic carbocycles. The highest BCUT2D eigenvalue weighted by Gasteiger charge is 2.17. The van der Waals surface area contributed by atoms with Crippen LogP contribution in [0.25, 0.3) is 0 Å². The highest BCUT2D eigenvalue weighted by atomic mass is 79.9. The van der Waals surface area contributed by atoms with Crippen molar-refractivity contribution in [1.29, 1.82) is 5.26 Å². The van der Waals surface area contributed by atoms with E-state index in [1.165, 1.54) is 0 Å². The average Bonchev–Trinajstić information content (AvgIpc) is 2.34. The molecule has 0 aromatic heterocycles. The molecule has 0 atom stereocenters. The Morgan fingerprint density at radius 1 is 1.53 bits per heavy atom. The number of hydrogen-bond donors (Lipinski definition) is 1. The van der Waals surface area contributed by atoms with E-state index in [2.05, 4.69) is 35.8 Å². The normalized spacial score (nSPS) is 10.3. The van der Waals surface area contributed by atoms with Crippen LogP contribution in [0.5, 0.6) is 0 Å². The first kappa shape index (κ1) is 15.5. The lowest BCUT2D eigenvalue weighted by Crippen LogP contribution is -2.30. The van der Waals surface area contributed by atoms with Gasteiger partial charge in [-0.15, -0.1) is 0 Å². The van der Waals surface area contributed by atoms with Gasteiger partial charge in [-0.2, -0.15) is 5.26 Å². The van der Waals surface area contributed by atoms with Gasteiger partial charge in [-0.3, -0.25) is 0 Å². The van der Waals surface area contributed by atoms with E-state index in [-0.39, 0.29) is 5.56 Å². The van der Waals surface area contributed by atoms with Crippen molar-refractivity contribution in [3.63, 3.8) is 0 Å². The second-order valence-corrected chi connectivity index (χ2v) is 5.63. The fourth-order valence-electron chi connectivity index (χ4n) is 1.89. The summed E-state index contributed by atoms with van der Waals surface area (Å²) in [6, 6.07) is 7.30. The molecule has 0 radical (unpaired) electrons. The molecule has 0 saturated carbocycles. The summed E-state index contributed by atoms with van der Waals surface area (Å²) in [6.07, 6.45) is 0.377. The van der Waals surface area contributed by atoms with Crippen molar-refractivity contribution in [2.75, 3.05) is 18.0 Å². The summed E-state index contributed by atoms with van der Waals surface area (Å²) in [7, 11) is 0. The molecule has 0 spiro atoms. The quantitative estimate of drug-likeness (QED) is 0.869. The Bertz CT molecular complexity index is 495. The van der Waals surface area contributed by atoms with Crippen LogP contribution in [0.3, 0.4) is 0 Å². The molecule has 1 rings (SSSR count). The van der Waals surface area contributed by atoms with Gasteiger partial charge in [-0.1, -0.05) is 29.8 Å². The topological polar surface area (TPSA) is 64.3 Å². The molecule has 0 heterocycles. The molecule has 0 aliphatic heterocycles. The third kappa shape index (κ3) is 4.56. The van der Waals surface area contributed by atoms with Crippen molar-refractivity contribution in [1.82, 2.24) is 0 Å². The predicted molar refractivity (Wildman–Crippen MR) is 78.4 cm³/mol. The van der Waals surface area contributed by atoms with Crippen molar-refractivity contribution in [2.24, 2.45) is 5.92 Å². The van der Waals surface area contributed by atoms with Crippen LogP contribution in [0.2, 0.25) is 0 Å². The maximum Gasteiger partial charge on any atom is 0.337 e. The van der Waals surface area contributed by atoms with Gasteiger partial charge in [0.15, 0.2) is 0 Å². The lowest BCUT2D eigenvalue weighted by molar-refractivity contribution is 0.0697. The largest absolute Gasteiger partial charge is 0.478 e. The molecule has 0 amide bonds. The van der Waals surface area contributed by atoms with Gasteiger partial charge in [0.05, 0.1) is 23.7 Å².